The molecule has 22 heavy (non-hydrogen) atoms. The minimum absolute atomic E-state index is 0.629. The number of benzene rings is 1. The minimum Gasteiger partial charge on any atom is -0.441 e. The van der Waals surface area contributed by atoms with Gasteiger partial charge in [0.05, 0.1) is 0 Å². The zero-order valence-electron chi connectivity index (χ0n) is 11.7. The number of aromatic nitrogens is 5. The third-order valence-corrected chi connectivity index (χ3v) is 4.13. The fraction of sp³-hybridized carbons (Fsp3) is 0.200. The predicted molar refractivity (Wildman–Crippen MR) is 83.8 cm³/mol. The third kappa shape index (κ3) is 2.67. The number of rotatable bonds is 5. The van der Waals surface area contributed by atoms with Crippen LogP contribution < -0.4 is 0 Å². The number of fused-ring (bicyclic) bond motifs is 2. The van der Waals surface area contributed by atoms with Crippen LogP contribution in [0.5, 0.6) is 0 Å². The van der Waals surface area contributed by atoms with E-state index in [0.717, 1.165) is 40.7 Å². The van der Waals surface area contributed by atoms with Gasteiger partial charge in [-0.25, -0.2) is 14.5 Å². The molecule has 3 aromatic heterocycles. The van der Waals surface area contributed by atoms with Gasteiger partial charge in [-0.1, -0.05) is 23.9 Å². The number of para-hydroxylation sites is 2. The first kappa shape index (κ1) is 13.3. The summed E-state index contributed by atoms with van der Waals surface area (Å²) in [6.07, 6.45) is 5.33. The van der Waals surface area contributed by atoms with Crippen molar-refractivity contribution >= 4 is 28.6 Å². The molecule has 0 saturated carbocycles. The van der Waals surface area contributed by atoms with Crippen LogP contribution in [-0.2, 0) is 6.42 Å². The van der Waals surface area contributed by atoms with E-state index in [2.05, 4.69) is 20.1 Å². The van der Waals surface area contributed by atoms with E-state index in [1.54, 1.807) is 22.5 Å². The minimum atomic E-state index is 0.629. The summed E-state index contributed by atoms with van der Waals surface area (Å²) < 4.78 is 7.39. The normalized spacial score (nSPS) is 11.5. The zero-order chi connectivity index (χ0) is 14.8. The monoisotopic (exact) mass is 311 g/mol. The van der Waals surface area contributed by atoms with Gasteiger partial charge in [0.2, 0.25) is 5.16 Å². The van der Waals surface area contributed by atoms with Gasteiger partial charge in [0.15, 0.2) is 11.5 Å². The fourth-order valence-corrected chi connectivity index (χ4v) is 2.95. The molecule has 0 saturated heterocycles. The summed E-state index contributed by atoms with van der Waals surface area (Å²) in [6.45, 7) is 0. The third-order valence-electron chi connectivity index (χ3n) is 3.20. The Balaban J connectivity index is 1.35. The Morgan fingerprint density at radius 3 is 3.00 bits per heavy atom. The van der Waals surface area contributed by atoms with Crippen molar-refractivity contribution in [3.63, 3.8) is 0 Å². The SMILES string of the molecule is c1ccc2oc(CCCSc3nc4ncccn4n3)nc2c1. The Hall–Kier alpha value is -2.41. The van der Waals surface area contributed by atoms with Gasteiger partial charge < -0.3 is 4.42 Å². The van der Waals surface area contributed by atoms with Crippen molar-refractivity contribution < 1.29 is 4.42 Å². The van der Waals surface area contributed by atoms with Gasteiger partial charge in [0.25, 0.3) is 5.78 Å². The van der Waals surface area contributed by atoms with Crippen LogP contribution in [0.2, 0.25) is 0 Å². The number of hydrogen-bond donors (Lipinski definition) is 0. The summed E-state index contributed by atoms with van der Waals surface area (Å²) in [5.41, 5.74) is 1.76. The lowest BCUT2D eigenvalue weighted by Gasteiger charge is -1.94. The van der Waals surface area contributed by atoms with Gasteiger partial charge in [-0.2, -0.15) is 4.98 Å². The number of oxazole rings is 1. The van der Waals surface area contributed by atoms with E-state index in [-0.39, 0.29) is 0 Å². The second kappa shape index (κ2) is 5.76. The van der Waals surface area contributed by atoms with Gasteiger partial charge in [-0.3, -0.25) is 0 Å². The van der Waals surface area contributed by atoms with Crippen LogP contribution in [-0.4, -0.2) is 30.3 Å². The summed E-state index contributed by atoms with van der Waals surface area (Å²) in [7, 11) is 0. The molecule has 0 aliphatic heterocycles. The highest BCUT2D eigenvalue weighted by molar-refractivity contribution is 7.99. The molecule has 0 aliphatic carbocycles. The van der Waals surface area contributed by atoms with E-state index in [0.29, 0.717) is 5.78 Å². The van der Waals surface area contributed by atoms with Crippen molar-refractivity contribution in [3.05, 3.63) is 48.6 Å². The summed E-state index contributed by atoms with van der Waals surface area (Å²) in [6, 6.07) is 9.66. The first-order chi connectivity index (χ1) is 10.9. The molecule has 0 unspecified atom stereocenters. The maximum absolute atomic E-state index is 5.70. The topological polar surface area (TPSA) is 69.1 Å². The predicted octanol–water partition coefficient (Wildman–Crippen LogP) is 2.99. The van der Waals surface area contributed by atoms with Crippen LogP contribution in [0.25, 0.3) is 16.9 Å². The Morgan fingerprint density at radius 2 is 2.09 bits per heavy atom. The van der Waals surface area contributed by atoms with Crippen LogP contribution in [0.1, 0.15) is 12.3 Å². The van der Waals surface area contributed by atoms with E-state index >= 15 is 0 Å². The molecule has 4 aromatic rings. The standard InChI is InChI=1S/C15H13N5OS/c1-2-6-12-11(5-1)17-13(21-12)7-3-10-22-15-18-14-16-8-4-9-20(14)19-15/h1-2,4-6,8-9H,3,7,10H2. The first-order valence-corrected chi connectivity index (χ1v) is 8.02. The van der Waals surface area contributed by atoms with Crippen LogP contribution in [0.15, 0.2) is 52.3 Å². The average molecular weight is 311 g/mol. The molecule has 0 radical (unpaired) electrons. The highest BCUT2D eigenvalue weighted by Gasteiger charge is 2.07. The molecule has 6 nitrogen and oxygen atoms in total. The quantitative estimate of drug-likeness (QED) is 0.417. The zero-order valence-corrected chi connectivity index (χ0v) is 12.5. The molecule has 4 rings (SSSR count). The highest BCUT2D eigenvalue weighted by Crippen LogP contribution is 2.18. The van der Waals surface area contributed by atoms with E-state index in [1.165, 1.54) is 0 Å². The molecule has 1 aromatic carbocycles. The first-order valence-electron chi connectivity index (χ1n) is 7.03. The lowest BCUT2D eigenvalue weighted by atomic mass is 10.3. The lowest BCUT2D eigenvalue weighted by Crippen LogP contribution is -1.89. The second-order valence-electron chi connectivity index (χ2n) is 4.79. The second-order valence-corrected chi connectivity index (χ2v) is 5.85. The summed E-state index contributed by atoms with van der Waals surface area (Å²) in [4.78, 5) is 13.0. The van der Waals surface area contributed by atoms with E-state index in [9.17, 15) is 0 Å². The van der Waals surface area contributed by atoms with E-state index < -0.39 is 0 Å². The van der Waals surface area contributed by atoms with Crippen molar-refractivity contribution in [1.29, 1.82) is 0 Å². The van der Waals surface area contributed by atoms with Gasteiger partial charge in [-0.05, 0) is 24.6 Å². The number of hydrogen-bond acceptors (Lipinski definition) is 6. The molecule has 0 spiro atoms. The van der Waals surface area contributed by atoms with Gasteiger partial charge in [0.1, 0.15) is 5.52 Å². The van der Waals surface area contributed by atoms with Crippen molar-refractivity contribution in [2.75, 3.05) is 5.75 Å². The molecule has 7 heteroatoms. The summed E-state index contributed by atoms with van der Waals surface area (Å²) in [5.74, 6) is 2.32. The molecule has 0 bridgehead atoms. The molecule has 0 N–H and O–H groups in total. The van der Waals surface area contributed by atoms with Crippen LogP contribution in [0, 0.1) is 0 Å². The summed E-state index contributed by atoms with van der Waals surface area (Å²) >= 11 is 1.62. The van der Waals surface area contributed by atoms with Gasteiger partial charge in [0, 0.05) is 24.6 Å². The van der Waals surface area contributed by atoms with Crippen molar-refractivity contribution in [3.8, 4) is 0 Å². The van der Waals surface area contributed by atoms with Crippen LogP contribution >= 0.6 is 11.8 Å². The number of aryl methyl sites for hydroxylation is 1. The van der Waals surface area contributed by atoms with Crippen molar-refractivity contribution in [1.82, 2.24) is 24.6 Å². The lowest BCUT2D eigenvalue weighted by molar-refractivity contribution is 0.526. The van der Waals surface area contributed by atoms with Crippen LogP contribution in [0.4, 0.5) is 0 Å². The Bertz CT molecular complexity index is 774. The number of nitrogens with zero attached hydrogens (tertiary/aromatic N) is 5. The van der Waals surface area contributed by atoms with Crippen molar-refractivity contribution in [2.24, 2.45) is 0 Å². The molecule has 0 amide bonds. The Kier molecular flexibility index (Phi) is 3.48. The molecule has 3 heterocycles. The number of thioether (sulfide) groups is 1. The Labute approximate surface area is 130 Å². The van der Waals surface area contributed by atoms with Gasteiger partial charge in [-0.15, -0.1) is 5.10 Å². The molecule has 110 valence electrons. The average Bonchev–Trinajstić information content (AvgIpc) is 3.14. The molecular weight excluding hydrogens is 298 g/mol. The van der Waals surface area contributed by atoms with Crippen molar-refractivity contribution in [2.45, 2.75) is 18.0 Å². The smallest absolute Gasteiger partial charge is 0.253 e. The maximum Gasteiger partial charge on any atom is 0.253 e. The molecule has 0 atom stereocenters. The van der Waals surface area contributed by atoms with Gasteiger partial charge >= 0.3 is 0 Å². The van der Waals surface area contributed by atoms with Crippen LogP contribution in [0.3, 0.4) is 0 Å². The summed E-state index contributed by atoms with van der Waals surface area (Å²) in [5, 5.41) is 5.11. The molecule has 0 fully saturated rings. The molecule has 0 aliphatic rings. The maximum atomic E-state index is 5.70. The molecular formula is C15H13N5OS. The van der Waals surface area contributed by atoms with E-state index in [1.807, 2.05) is 36.5 Å². The Morgan fingerprint density at radius 1 is 1.14 bits per heavy atom. The highest BCUT2D eigenvalue weighted by atomic mass is 32.2. The largest absolute Gasteiger partial charge is 0.441 e. The fourth-order valence-electron chi connectivity index (χ4n) is 2.19. The van der Waals surface area contributed by atoms with E-state index in [4.69, 9.17) is 4.42 Å².